The molecule has 1 rings (SSSR count). The first kappa shape index (κ1) is 12.4. The molecule has 0 radical (unpaired) electrons. The van der Waals surface area contributed by atoms with Crippen LogP contribution >= 0.6 is 0 Å². The Morgan fingerprint density at radius 1 is 1.44 bits per heavy atom. The summed E-state index contributed by atoms with van der Waals surface area (Å²) >= 11 is 0. The highest BCUT2D eigenvalue weighted by molar-refractivity contribution is 5.66. The summed E-state index contributed by atoms with van der Waals surface area (Å²) < 4.78 is 1.21. The van der Waals surface area contributed by atoms with Gasteiger partial charge in [0.25, 0.3) is 5.56 Å². The summed E-state index contributed by atoms with van der Waals surface area (Å²) in [5.74, 6) is -0.581. The van der Waals surface area contributed by atoms with Crippen LogP contribution in [0, 0.1) is 13.8 Å². The van der Waals surface area contributed by atoms with Gasteiger partial charge in [-0.05, 0) is 20.3 Å². The normalized spacial score (nSPS) is 10.4. The Kier molecular flexibility index (Phi) is 3.82. The largest absolute Gasteiger partial charge is 0.480 e. The van der Waals surface area contributed by atoms with Crippen LogP contribution in [-0.4, -0.2) is 20.6 Å². The van der Waals surface area contributed by atoms with Crippen LogP contribution in [0.25, 0.3) is 0 Å². The van der Waals surface area contributed by atoms with Crippen LogP contribution in [0.2, 0.25) is 0 Å². The predicted molar refractivity (Wildman–Crippen MR) is 59.6 cm³/mol. The lowest BCUT2D eigenvalue weighted by atomic mass is 10.1. The molecule has 0 unspecified atom stereocenters. The van der Waals surface area contributed by atoms with Gasteiger partial charge in [0.2, 0.25) is 0 Å². The molecule has 0 aliphatic rings. The topological polar surface area (TPSA) is 72.2 Å². The van der Waals surface area contributed by atoms with E-state index in [1.165, 1.54) is 4.57 Å². The lowest BCUT2D eigenvalue weighted by molar-refractivity contribution is -0.137. The monoisotopic (exact) mass is 224 g/mol. The standard InChI is InChI=1S/C11H16N2O3/c1-4-5-9-7(2)12-8(3)13(11(9)16)6-10(14)15/h4-6H2,1-3H3,(H,14,15). The third kappa shape index (κ3) is 2.48. The van der Waals surface area contributed by atoms with Crippen LogP contribution in [0.3, 0.4) is 0 Å². The zero-order chi connectivity index (χ0) is 12.3. The van der Waals surface area contributed by atoms with E-state index in [0.29, 0.717) is 23.5 Å². The summed E-state index contributed by atoms with van der Waals surface area (Å²) in [7, 11) is 0. The number of nitrogens with zero attached hydrogens (tertiary/aromatic N) is 2. The number of aryl methyl sites for hydroxylation is 2. The number of hydrogen-bond acceptors (Lipinski definition) is 3. The van der Waals surface area contributed by atoms with Gasteiger partial charge in [-0.1, -0.05) is 13.3 Å². The SMILES string of the molecule is CCCc1c(C)nc(C)n(CC(=O)O)c1=O. The van der Waals surface area contributed by atoms with Crippen molar-refractivity contribution in [3.63, 3.8) is 0 Å². The second-order valence-electron chi connectivity index (χ2n) is 3.76. The maximum Gasteiger partial charge on any atom is 0.323 e. The fourth-order valence-corrected chi connectivity index (χ4v) is 1.69. The van der Waals surface area contributed by atoms with Crippen molar-refractivity contribution >= 4 is 5.97 Å². The van der Waals surface area contributed by atoms with E-state index in [4.69, 9.17) is 5.11 Å². The number of aliphatic carboxylic acids is 1. The second-order valence-corrected chi connectivity index (χ2v) is 3.76. The highest BCUT2D eigenvalue weighted by Crippen LogP contribution is 2.04. The summed E-state index contributed by atoms with van der Waals surface area (Å²) in [6.07, 6.45) is 1.48. The molecule has 5 heteroatoms. The van der Waals surface area contributed by atoms with Crippen LogP contribution in [0.4, 0.5) is 0 Å². The summed E-state index contributed by atoms with van der Waals surface area (Å²) in [6.45, 7) is 5.08. The summed E-state index contributed by atoms with van der Waals surface area (Å²) in [6, 6.07) is 0. The van der Waals surface area contributed by atoms with Crippen LogP contribution in [-0.2, 0) is 17.8 Å². The Bertz CT molecular complexity index is 463. The molecule has 1 N–H and O–H groups in total. The van der Waals surface area contributed by atoms with Gasteiger partial charge >= 0.3 is 5.97 Å². The zero-order valence-electron chi connectivity index (χ0n) is 9.78. The number of carboxylic acid groups (broad SMARTS) is 1. The minimum Gasteiger partial charge on any atom is -0.480 e. The average Bonchev–Trinajstić information content (AvgIpc) is 2.19. The van der Waals surface area contributed by atoms with E-state index in [9.17, 15) is 9.59 Å². The third-order valence-electron chi connectivity index (χ3n) is 2.45. The first-order valence-corrected chi connectivity index (χ1v) is 5.26. The zero-order valence-corrected chi connectivity index (χ0v) is 9.78. The molecule has 0 aliphatic heterocycles. The molecule has 0 bridgehead atoms. The first-order valence-electron chi connectivity index (χ1n) is 5.26. The van der Waals surface area contributed by atoms with E-state index in [2.05, 4.69) is 4.98 Å². The van der Waals surface area contributed by atoms with Crippen molar-refractivity contribution in [2.24, 2.45) is 0 Å². The number of aromatic nitrogens is 2. The Hall–Kier alpha value is -1.65. The first-order chi connectivity index (χ1) is 7.47. The van der Waals surface area contributed by atoms with Gasteiger partial charge in [-0.3, -0.25) is 14.2 Å². The van der Waals surface area contributed by atoms with Crippen molar-refractivity contribution in [2.75, 3.05) is 0 Å². The maximum atomic E-state index is 12.0. The van der Waals surface area contributed by atoms with E-state index in [-0.39, 0.29) is 12.1 Å². The second kappa shape index (κ2) is 4.92. The molecule has 0 aromatic carbocycles. The molecular formula is C11H16N2O3. The molecule has 1 aromatic rings. The van der Waals surface area contributed by atoms with Gasteiger partial charge in [-0.15, -0.1) is 0 Å². The van der Waals surface area contributed by atoms with Gasteiger partial charge in [0, 0.05) is 11.3 Å². The van der Waals surface area contributed by atoms with Crippen LogP contribution in [0.5, 0.6) is 0 Å². The minimum absolute atomic E-state index is 0.228. The van der Waals surface area contributed by atoms with Crippen LogP contribution in [0.15, 0.2) is 4.79 Å². The Labute approximate surface area is 93.8 Å². The van der Waals surface area contributed by atoms with E-state index in [1.54, 1.807) is 13.8 Å². The number of rotatable bonds is 4. The van der Waals surface area contributed by atoms with E-state index >= 15 is 0 Å². The van der Waals surface area contributed by atoms with Crippen molar-refractivity contribution < 1.29 is 9.90 Å². The molecule has 1 aromatic heterocycles. The van der Waals surface area contributed by atoms with Crippen molar-refractivity contribution in [1.82, 2.24) is 9.55 Å². The minimum atomic E-state index is -1.03. The lowest BCUT2D eigenvalue weighted by Gasteiger charge is -2.11. The summed E-state index contributed by atoms with van der Waals surface area (Å²) in [5.41, 5.74) is 1.09. The molecule has 16 heavy (non-hydrogen) atoms. The Morgan fingerprint density at radius 3 is 2.56 bits per heavy atom. The quantitative estimate of drug-likeness (QED) is 0.824. The predicted octanol–water partition coefficient (Wildman–Crippen LogP) is 0.897. The fraction of sp³-hybridized carbons (Fsp3) is 0.545. The van der Waals surface area contributed by atoms with Crippen molar-refractivity contribution in [3.05, 3.63) is 27.4 Å². The molecule has 1 heterocycles. The van der Waals surface area contributed by atoms with Gasteiger partial charge in [0.1, 0.15) is 12.4 Å². The van der Waals surface area contributed by atoms with Crippen LogP contribution < -0.4 is 5.56 Å². The average molecular weight is 224 g/mol. The molecule has 0 amide bonds. The fourth-order valence-electron chi connectivity index (χ4n) is 1.69. The maximum absolute atomic E-state index is 12.0. The third-order valence-corrected chi connectivity index (χ3v) is 2.45. The number of carbonyl (C=O) groups is 1. The highest BCUT2D eigenvalue weighted by Gasteiger charge is 2.12. The number of carboxylic acids is 1. The summed E-state index contributed by atoms with van der Waals surface area (Å²) in [4.78, 5) is 26.8. The van der Waals surface area contributed by atoms with Crippen molar-refractivity contribution in [2.45, 2.75) is 40.2 Å². The van der Waals surface area contributed by atoms with Crippen LogP contribution in [0.1, 0.15) is 30.4 Å². The van der Waals surface area contributed by atoms with Gasteiger partial charge in [-0.25, -0.2) is 4.98 Å². The van der Waals surface area contributed by atoms with Gasteiger partial charge in [0.15, 0.2) is 0 Å². The van der Waals surface area contributed by atoms with E-state index in [0.717, 1.165) is 6.42 Å². The molecular weight excluding hydrogens is 208 g/mol. The number of hydrogen-bond donors (Lipinski definition) is 1. The van der Waals surface area contributed by atoms with Crippen molar-refractivity contribution in [3.8, 4) is 0 Å². The molecule has 0 atom stereocenters. The molecule has 5 nitrogen and oxygen atoms in total. The molecule has 88 valence electrons. The smallest absolute Gasteiger partial charge is 0.323 e. The van der Waals surface area contributed by atoms with Gasteiger partial charge in [0.05, 0.1) is 0 Å². The van der Waals surface area contributed by atoms with E-state index in [1.807, 2.05) is 6.92 Å². The molecule has 0 fully saturated rings. The lowest BCUT2D eigenvalue weighted by Crippen LogP contribution is -2.31. The van der Waals surface area contributed by atoms with Gasteiger partial charge in [-0.2, -0.15) is 0 Å². The Balaban J connectivity index is 3.33. The van der Waals surface area contributed by atoms with Gasteiger partial charge < -0.3 is 5.11 Å². The molecule has 0 saturated carbocycles. The Morgan fingerprint density at radius 2 is 2.06 bits per heavy atom. The molecule has 0 spiro atoms. The van der Waals surface area contributed by atoms with Crippen molar-refractivity contribution in [1.29, 1.82) is 0 Å². The summed E-state index contributed by atoms with van der Waals surface area (Å²) in [5, 5.41) is 8.72. The highest BCUT2D eigenvalue weighted by atomic mass is 16.4. The molecule has 0 saturated heterocycles. The van der Waals surface area contributed by atoms with E-state index < -0.39 is 5.97 Å². The molecule has 0 aliphatic carbocycles.